The van der Waals surface area contributed by atoms with Gasteiger partial charge in [-0.1, -0.05) is 18.2 Å². The summed E-state index contributed by atoms with van der Waals surface area (Å²) in [5.74, 6) is 0. The molecule has 0 fully saturated rings. The SMILES string of the molecule is CC1=c2c(C)c(C)c3c(c2N(C)C1(C)C)-c1ccccc1N=3. The lowest BCUT2D eigenvalue weighted by Crippen LogP contribution is -2.38. The first kappa shape index (κ1) is 13.6. The lowest BCUT2D eigenvalue weighted by Gasteiger charge is -2.33. The summed E-state index contributed by atoms with van der Waals surface area (Å²) in [5, 5.41) is 2.59. The van der Waals surface area contributed by atoms with E-state index in [0.29, 0.717) is 0 Å². The molecule has 0 unspecified atom stereocenters. The lowest BCUT2D eigenvalue weighted by molar-refractivity contribution is 0.632. The first-order valence-electron chi connectivity index (χ1n) is 7.92. The van der Waals surface area contributed by atoms with Crippen molar-refractivity contribution in [1.29, 1.82) is 0 Å². The van der Waals surface area contributed by atoms with Crippen molar-refractivity contribution in [2.45, 2.75) is 40.2 Å². The van der Waals surface area contributed by atoms with Crippen LogP contribution < -0.4 is 15.5 Å². The monoisotopic (exact) mass is 290 g/mol. The van der Waals surface area contributed by atoms with Gasteiger partial charge in [0, 0.05) is 23.4 Å². The van der Waals surface area contributed by atoms with Gasteiger partial charge in [0.05, 0.1) is 22.3 Å². The van der Waals surface area contributed by atoms with Crippen LogP contribution in [0.5, 0.6) is 0 Å². The van der Waals surface area contributed by atoms with Gasteiger partial charge in [0.2, 0.25) is 0 Å². The van der Waals surface area contributed by atoms with Gasteiger partial charge in [0.1, 0.15) is 0 Å². The Balaban J connectivity index is 2.25. The summed E-state index contributed by atoms with van der Waals surface area (Å²) < 4.78 is 0. The average molecular weight is 290 g/mol. The fourth-order valence-electron chi connectivity index (χ4n) is 3.90. The minimum absolute atomic E-state index is 0.0478. The Kier molecular flexibility index (Phi) is 2.47. The molecule has 0 atom stereocenters. The molecule has 2 aromatic carbocycles. The highest BCUT2D eigenvalue weighted by molar-refractivity contribution is 5.93. The molecule has 2 nitrogen and oxygen atoms in total. The smallest absolute Gasteiger partial charge is 0.0769 e. The highest BCUT2D eigenvalue weighted by Gasteiger charge is 2.37. The standard InChI is InChI=1S/C20H22N2/c1-11-12(2)18-17(14-9-7-8-10-15(14)21-18)19-16(11)13(3)20(4,5)22(19)6/h7-10H,1-6H3. The summed E-state index contributed by atoms with van der Waals surface area (Å²) in [5.41, 5.74) is 9.24. The zero-order valence-electron chi connectivity index (χ0n) is 14.2. The Hall–Kier alpha value is -2.09. The quantitative estimate of drug-likeness (QED) is 0.617. The summed E-state index contributed by atoms with van der Waals surface area (Å²) >= 11 is 0. The van der Waals surface area contributed by atoms with Gasteiger partial charge in [0.15, 0.2) is 0 Å². The normalized spacial score (nSPS) is 17.2. The molecule has 0 N–H and O–H groups in total. The van der Waals surface area contributed by atoms with E-state index in [1.54, 1.807) is 0 Å². The van der Waals surface area contributed by atoms with E-state index in [1.807, 2.05) is 0 Å². The summed E-state index contributed by atoms with van der Waals surface area (Å²) in [6.45, 7) is 11.3. The Labute approximate surface area is 131 Å². The van der Waals surface area contributed by atoms with Crippen LogP contribution in [-0.4, -0.2) is 12.6 Å². The maximum Gasteiger partial charge on any atom is 0.0769 e. The number of fused-ring (bicyclic) bond motifs is 5. The van der Waals surface area contributed by atoms with Crippen LogP contribution in [0, 0.1) is 13.8 Å². The van der Waals surface area contributed by atoms with Crippen molar-refractivity contribution in [2.75, 3.05) is 11.9 Å². The van der Waals surface area contributed by atoms with Gasteiger partial charge in [-0.2, -0.15) is 0 Å². The second-order valence-corrected chi connectivity index (χ2v) is 7.07. The second kappa shape index (κ2) is 4.01. The average Bonchev–Trinajstić information content (AvgIpc) is 2.95. The first-order chi connectivity index (χ1) is 10.4. The van der Waals surface area contributed by atoms with Crippen LogP contribution >= 0.6 is 0 Å². The van der Waals surface area contributed by atoms with Crippen LogP contribution in [0.1, 0.15) is 31.9 Å². The van der Waals surface area contributed by atoms with Crippen LogP contribution in [0.2, 0.25) is 0 Å². The summed E-state index contributed by atoms with van der Waals surface area (Å²) in [6, 6.07) is 8.50. The minimum Gasteiger partial charge on any atom is -0.365 e. The molecule has 0 saturated carbocycles. The molecule has 22 heavy (non-hydrogen) atoms. The molecule has 0 amide bonds. The number of nitrogens with zero attached hydrogens (tertiary/aromatic N) is 2. The van der Waals surface area contributed by atoms with Crippen molar-refractivity contribution in [1.82, 2.24) is 0 Å². The van der Waals surface area contributed by atoms with Crippen molar-refractivity contribution in [3.05, 3.63) is 46.0 Å². The van der Waals surface area contributed by atoms with Gasteiger partial charge in [0.25, 0.3) is 0 Å². The van der Waals surface area contributed by atoms with Gasteiger partial charge in [-0.25, -0.2) is 4.99 Å². The largest absolute Gasteiger partial charge is 0.365 e. The van der Waals surface area contributed by atoms with E-state index in [2.05, 4.69) is 70.8 Å². The lowest BCUT2D eigenvalue weighted by atomic mass is 9.93. The Morgan fingerprint density at radius 1 is 1.00 bits per heavy atom. The summed E-state index contributed by atoms with van der Waals surface area (Å²) in [4.78, 5) is 7.36. The zero-order valence-corrected chi connectivity index (χ0v) is 14.2. The van der Waals surface area contributed by atoms with Gasteiger partial charge in [-0.15, -0.1) is 0 Å². The molecular weight excluding hydrogens is 268 g/mol. The van der Waals surface area contributed by atoms with Gasteiger partial charge in [-0.3, -0.25) is 0 Å². The van der Waals surface area contributed by atoms with E-state index in [9.17, 15) is 0 Å². The predicted octanol–water partition coefficient (Wildman–Crippen LogP) is 3.63. The minimum atomic E-state index is 0.0478. The molecule has 0 radical (unpaired) electrons. The maximum atomic E-state index is 4.92. The molecule has 0 aliphatic carbocycles. The number of rotatable bonds is 0. The second-order valence-electron chi connectivity index (χ2n) is 7.07. The molecule has 0 saturated heterocycles. The molecule has 0 spiro atoms. The molecule has 2 aliphatic rings. The fraction of sp³-hybridized carbons (Fsp3) is 0.350. The van der Waals surface area contributed by atoms with Crippen LogP contribution in [-0.2, 0) is 0 Å². The van der Waals surface area contributed by atoms with Crippen molar-refractivity contribution in [3.8, 4) is 11.1 Å². The van der Waals surface area contributed by atoms with Crippen LogP contribution in [0.15, 0.2) is 29.3 Å². The van der Waals surface area contributed by atoms with E-state index in [0.717, 1.165) is 11.0 Å². The van der Waals surface area contributed by atoms with Crippen molar-refractivity contribution in [3.63, 3.8) is 0 Å². The fourth-order valence-corrected chi connectivity index (χ4v) is 3.90. The Morgan fingerprint density at radius 2 is 1.68 bits per heavy atom. The van der Waals surface area contributed by atoms with Crippen molar-refractivity contribution < 1.29 is 0 Å². The number of hydrogen-bond donors (Lipinski definition) is 0. The van der Waals surface area contributed by atoms with Crippen LogP contribution in [0.4, 0.5) is 11.4 Å². The van der Waals surface area contributed by atoms with Crippen molar-refractivity contribution >= 4 is 16.9 Å². The number of benzene rings is 2. The number of para-hydroxylation sites is 1. The van der Waals surface area contributed by atoms with E-state index < -0.39 is 0 Å². The molecule has 2 heterocycles. The highest BCUT2D eigenvalue weighted by Crippen LogP contribution is 2.43. The van der Waals surface area contributed by atoms with E-state index in [4.69, 9.17) is 4.99 Å². The van der Waals surface area contributed by atoms with E-state index in [-0.39, 0.29) is 5.54 Å². The third kappa shape index (κ3) is 1.38. The molecule has 112 valence electrons. The van der Waals surface area contributed by atoms with Crippen LogP contribution in [0.25, 0.3) is 16.7 Å². The first-order valence-corrected chi connectivity index (χ1v) is 7.92. The predicted molar refractivity (Wildman–Crippen MR) is 93.4 cm³/mol. The van der Waals surface area contributed by atoms with Gasteiger partial charge in [-0.05, 0) is 57.4 Å². The number of hydrogen-bond acceptors (Lipinski definition) is 2. The van der Waals surface area contributed by atoms with Crippen molar-refractivity contribution in [2.24, 2.45) is 4.99 Å². The molecule has 2 aliphatic heterocycles. The Bertz CT molecular complexity index is 949. The van der Waals surface area contributed by atoms with Gasteiger partial charge < -0.3 is 4.90 Å². The Morgan fingerprint density at radius 3 is 2.41 bits per heavy atom. The molecule has 0 bridgehead atoms. The van der Waals surface area contributed by atoms with Crippen LogP contribution in [0.3, 0.4) is 0 Å². The zero-order chi connectivity index (χ0) is 15.8. The third-order valence-electron chi connectivity index (χ3n) is 5.88. The maximum absolute atomic E-state index is 4.92. The van der Waals surface area contributed by atoms with E-state index in [1.165, 1.54) is 38.7 Å². The molecule has 4 rings (SSSR count). The third-order valence-corrected chi connectivity index (χ3v) is 5.88. The number of anilines is 1. The van der Waals surface area contributed by atoms with E-state index >= 15 is 0 Å². The molecule has 2 aromatic rings. The molecule has 2 heteroatoms. The van der Waals surface area contributed by atoms with Gasteiger partial charge >= 0.3 is 0 Å². The summed E-state index contributed by atoms with van der Waals surface area (Å²) in [7, 11) is 2.21. The topological polar surface area (TPSA) is 15.6 Å². The molecule has 0 aromatic heterocycles. The summed E-state index contributed by atoms with van der Waals surface area (Å²) in [6.07, 6.45) is 0. The highest BCUT2D eigenvalue weighted by atomic mass is 15.2. The molecular formula is C20H22N2.